The van der Waals surface area contributed by atoms with Gasteiger partial charge in [-0.1, -0.05) is 11.3 Å². The van der Waals surface area contributed by atoms with Crippen molar-refractivity contribution in [1.29, 1.82) is 0 Å². The van der Waals surface area contributed by atoms with E-state index < -0.39 is 23.3 Å². The van der Waals surface area contributed by atoms with Gasteiger partial charge in [0.05, 0.1) is 36.2 Å². The zero-order chi connectivity index (χ0) is 33.3. The number of hydrogen-bond donors (Lipinski definition) is 1. The van der Waals surface area contributed by atoms with Crippen molar-refractivity contribution in [3.63, 3.8) is 0 Å². The second-order valence-corrected chi connectivity index (χ2v) is 14.8. The minimum Gasteiger partial charge on any atom is -0.488 e. The highest BCUT2D eigenvalue weighted by molar-refractivity contribution is 7.90. The first-order chi connectivity index (χ1) is 21.9. The van der Waals surface area contributed by atoms with Gasteiger partial charge < -0.3 is 28.0 Å². The lowest BCUT2D eigenvalue weighted by Gasteiger charge is -2.17. The molecule has 1 aromatic heterocycles. The van der Waals surface area contributed by atoms with E-state index in [1.54, 1.807) is 57.4 Å². The number of rotatable bonds is 16. The van der Waals surface area contributed by atoms with E-state index in [2.05, 4.69) is 10.3 Å². The molecule has 1 heterocycles. The first-order valence-corrected chi connectivity index (χ1v) is 18.4. The number of aromatic nitrogens is 1. The molecule has 0 saturated heterocycles. The Hall–Kier alpha value is -3.78. The van der Waals surface area contributed by atoms with Crippen LogP contribution in [0.25, 0.3) is 0 Å². The van der Waals surface area contributed by atoms with Gasteiger partial charge in [0, 0.05) is 25.0 Å². The van der Waals surface area contributed by atoms with Gasteiger partial charge in [0.15, 0.2) is 15.0 Å². The summed E-state index contributed by atoms with van der Waals surface area (Å²) in [6, 6.07) is 17.2. The Labute approximate surface area is 272 Å². The number of benzene rings is 3. The number of carbonyl (C=O) groups excluding carboxylic acids is 1. The molecular weight excluding hydrogens is 655 g/mol. The standard InChI is InChI=1S/C31H35N2O10PS2/c1-6-39-44(35,40-7-2)27-12-8-24(9-13-27)43-29-19-32-31(45-29)33-30(34)22-16-25(41-21(3)20-38-4)18-26(17-22)42-23-10-14-28(15-11-23)46(5,36)37/h8-19,21H,6-7,20H2,1-5H3,(H,32,33,34)/t21-/m0/s1. The van der Waals surface area contributed by atoms with E-state index in [1.165, 1.54) is 36.5 Å². The molecule has 4 rings (SSSR count). The third-order valence-corrected chi connectivity index (χ3v) is 10.1. The van der Waals surface area contributed by atoms with Crippen molar-refractivity contribution in [2.75, 3.05) is 38.5 Å². The van der Waals surface area contributed by atoms with Crippen LogP contribution in [-0.2, 0) is 28.2 Å². The van der Waals surface area contributed by atoms with Gasteiger partial charge in [0.25, 0.3) is 5.91 Å². The van der Waals surface area contributed by atoms with Crippen molar-refractivity contribution >= 4 is 45.1 Å². The Balaban J connectivity index is 1.49. The zero-order valence-electron chi connectivity index (χ0n) is 25.9. The molecule has 0 unspecified atom stereocenters. The van der Waals surface area contributed by atoms with Crippen LogP contribution in [0.5, 0.6) is 28.1 Å². The summed E-state index contributed by atoms with van der Waals surface area (Å²) in [4.78, 5) is 17.7. The Bertz CT molecular complexity index is 1770. The summed E-state index contributed by atoms with van der Waals surface area (Å²) in [5, 5.41) is 3.87. The SMILES string of the molecule is CCOP(=O)(OCC)c1ccc(Oc2cnc(NC(=O)c3cc(Oc4ccc(S(C)(=O)=O)cc4)cc(O[C@@H](C)COC)c3)s2)cc1. The molecular formula is C31H35N2O10PS2. The van der Waals surface area contributed by atoms with Crippen LogP contribution in [0.15, 0.2) is 77.8 Å². The molecule has 0 fully saturated rings. The fourth-order valence-corrected chi connectivity index (χ4v) is 6.97. The number of amides is 1. The number of thiazole rings is 1. The summed E-state index contributed by atoms with van der Waals surface area (Å²) in [7, 11) is -5.23. The zero-order valence-corrected chi connectivity index (χ0v) is 28.4. The van der Waals surface area contributed by atoms with Crippen LogP contribution in [-0.4, -0.2) is 58.6 Å². The molecule has 0 aliphatic carbocycles. The van der Waals surface area contributed by atoms with Crippen LogP contribution in [0.4, 0.5) is 5.13 Å². The maximum absolute atomic E-state index is 13.3. The van der Waals surface area contributed by atoms with E-state index in [4.69, 9.17) is 28.0 Å². The summed E-state index contributed by atoms with van der Waals surface area (Å²) in [6.07, 6.45) is 2.28. The molecule has 246 valence electrons. The molecule has 0 aliphatic heterocycles. The number of sulfone groups is 1. The molecule has 0 spiro atoms. The number of carbonyl (C=O) groups is 1. The predicted octanol–water partition coefficient (Wildman–Crippen LogP) is 6.69. The van der Waals surface area contributed by atoms with Crippen LogP contribution in [0.2, 0.25) is 0 Å². The Morgan fingerprint density at radius 3 is 2.13 bits per heavy atom. The predicted molar refractivity (Wildman–Crippen MR) is 175 cm³/mol. The molecule has 0 radical (unpaired) electrons. The molecule has 0 saturated carbocycles. The summed E-state index contributed by atoms with van der Waals surface area (Å²) in [5.41, 5.74) is 0.228. The Morgan fingerprint density at radius 2 is 1.52 bits per heavy atom. The highest BCUT2D eigenvalue weighted by atomic mass is 32.2. The third kappa shape index (κ3) is 9.61. The van der Waals surface area contributed by atoms with Gasteiger partial charge >= 0.3 is 7.60 Å². The second-order valence-electron chi connectivity index (χ2n) is 9.79. The molecule has 12 nitrogen and oxygen atoms in total. The monoisotopic (exact) mass is 690 g/mol. The highest BCUT2D eigenvalue weighted by Crippen LogP contribution is 2.47. The van der Waals surface area contributed by atoms with Crippen molar-refractivity contribution in [2.45, 2.75) is 31.8 Å². The number of nitrogens with one attached hydrogen (secondary N) is 1. The fraction of sp³-hybridized carbons (Fsp3) is 0.290. The maximum atomic E-state index is 13.3. The molecule has 0 bridgehead atoms. The van der Waals surface area contributed by atoms with Crippen molar-refractivity contribution in [2.24, 2.45) is 0 Å². The largest absolute Gasteiger partial charge is 0.488 e. The highest BCUT2D eigenvalue weighted by Gasteiger charge is 2.26. The fourth-order valence-electron chi connectivity index (χ4n) is 4.09. The minimum atomic E-state index is -3.42. The van der Waals surface area contributed by atoms with E-state index in [-0.39, 0.29) is 34.9 Å². The lowest BCUT2D eigenvalue weighted by atomic mass is 10.2. The van der Waals surface area contributed by atoms with Crippen LogP contribution < -0.4 is 24.8 Å². The summed E-state index contributed by atoms with van der Waals surface area (Å²) < 4.78 is 70.3. The van der Waals surface area contributed by atoms with Crippen molar-refractivity contribution in [1.82, 2.24) is 4.98 Å². The van der Waals surface area contributed by atoms with Gasteiger partial charge in [0.2, 0.25) is 5.06 Å². The summed E-state index contributed by atoms with van der Waals surface area (Å²) in [5.74, 6) is 1.02. The Kier molecular flexibility index (Phi) is 12.0. The second kappa shape index (κ2) is 15.7. The quantitative estimate of drug-likeness (QED) is 0.125. The maximum Gasteiger partial charge on any atom is 0.361 e. The molecule has 0 aliphatic rings. The molecule has 4 aromatic rings. The van der Waals surface area contributed by atoms with E-state index in [1.807, 2.05) is 6.92 Å². The molecule has 15 heteroatoms. The smallest absolute Gasteiger partial charge is 0.361 e. The van der Waals surface area contributed by atoms with Gasteiger partial charge in [-0.25, -0.2) is 13.4 Å². The van der Waals surface area contributed by atoms with E-state index in [9.17, 15) is 17.8 Å². The van der Waals surface area contributed by atoms with Crippen LogP contribution in [0.3, 0.4) is 0 Å². The van der Waals surface area contributed by atoms with Crippen LogP contribution in [0.1, 0.15) is 31.1 Å². The first-order valence-electron chi connectivity index (χ1n) is 14.2. The van der Waals surface area contributed by atoms with Gasteiger partial charge in [-0.2, -0.15) is 0 Å². The lowest BCUT2D eigenvalue weighted by Crippen LogP contribution is -2.18. The van der Waals surface area contributed by atoms with E-state index >= 15 is 0 Å². The van der Waals surface area contributed by atoms with Gasteiger partial charge in [-0.15, -0.1) is 0 Å². The number of hydrogen-bond acceptors (Lipinski definition) is 12. The van der Waals surface area contributed by atoms with Crippen LogP contribution >= 0.6 is 18.9 Å². The third-order valence-electron chi connectivity index (χ3n) is 6.04. The normalized spacial score (nSPS) is 12.4. The number of methoxy groups -OCH3 is 1. The average Bonchev–Trinajstić information content (AvgIpc) is 3.44. The molecule has 1 N–H and O–H groups in total. The van der Waals surface area contributed by atoms with E-state index in [0.29, 0.717) is 40.0 Å². The topological polar surface area (TPSA) is 149 Å². The average molecular weight is 691 g/mol. The van der Waals surface area contributed by atoms with Crippen molar-refractivity contribution in [3.8, 4) is 28.1 Å². The van der Waals surface area contributed by atoms with Gasteiger partial charge in [0.1, 0.15) is 29.1 Å². The number of nitrogens with zero attached hydrogens (tertiary/aromatic N) is 1. The van der Waals surface area contributed by atoms with Crippen LogP contribution in [0, 0.1) is 0 Å². The summed E-state index contributed by atoms with van der Waals surface area (Å²) >= 11 is 1.11. The first kappa shape index (κ1) is 35.1. The lowest BCUT2D eigenvalue weighted by molar-refractivity contribution is 0.0916. The summed E-state index contributed by atoms with van der Waals surface area (Å²) in [6.45, 7) is 6.11. The molecule has 1 atom stereocenters. The molecule has 46 heavy (non-hydrogen) atoms. The minimum absolute atomic E-state index is 0.156. The van der Waals surface area contributed by atoms with Gasteiger partial charge in [-0.05, 0) is 81.4 Å². The molecule has 1 amide bonds. The van der Waals surface area contributed by atoms with Crippen molar-refractivity contribution < 1.29 is 45.8 Å². The molecule has 3 aromatic carbocycles. The van der Waals surface area contributed by atoms with E-state index in [0.717, 1.165) is 17.6 Å². The van der Waals surface area contributed by atoms with Gasteiger partial charge in [-0.3, -0.25) is 14.7 Å². The van der Waals surface area contributed by atoms with Crippen molar-refractivity contribution in [3.05, 3.63) is 78.5 Å². The Morgan fingerprint density at radius 1 is 0.913 bits per heavy atom. The number of ether oxygens (including phenoxy) is 4. The number of anilines is 1.